The van der Waals surface area contributed by atoms with E-state index in [0.717, 1.165) is 6.54 Å². The minimum Gasteiger partial charge on any atom is -0.316 e. The van der Waals surface area contributed by atoms with Crippen molar-refractivity contribution in [2.75, 3.05) is 53.4 Å². The summed E-state index contributed by atoms with van der Waals surface area (Å²) in [6.07, 6.45) is 8.37. The lowest BCUT2D eigenvalue weighted by molar-refractivity contribution is 0.0701. The Balaban J connectivity index is 0.000000194. The van der Waals surface area contributed by atoms with E-state index >= 15 is 0 Å². The lowest BCUT2D eigenvalue weighted by atomic mass is 9.72. The molecular weight excluding hydrogens is 354 g/mol. The Morgan fingerprint density at radius 3 is 2.11 bits per heavy atom. The second-order valence-electron chi connectivity index (χ2n) is 9.56. The van der Waals surface area contributed by atoms with Crippen LogP contribution in [0.15, 0.2) is 0 Å². The van der Waals surface area contributed by atoms with E-state index in [4.69, 9.17) is 5.73 Å². The molecule has 0 aromatic rings. The van der Waals surface area contributed by atoms with Crippen molar-refractivity contribution in [1.29, 1.82) is 0 Å². The van der Waals surface area contributed by atoms with Crippen LogP contribution in [0.5, 0.6) is 0 Å². The largest absolute Gasteiger partial charge is 0.316 e. The van der Waals surface area contributed by atoms with Gasteiger partial charge in [0.05, 0.1) is 6.17 Å². The maximum atomic E-state index is 5.95. The molecular formula is C21H45N5S. The molecule has 3 saturated heterocycles. The van der Waals surface area contributed by atoms with Crippen LogP contribution in [0.25, 0.3) is 0 Å². The van der Waals surface area contributed by atoms with Gasteiger partial charge in [0.25, 0.3) is 0 Å². The molecule has 0 aliphatic carbocycles. The van der Waals surface area contributed by atoms with Gasteiger partial charge >= 0.3 is 0 Å². The third kappa shape index (κ3) is 7.16. The van der Waals surface area contributed by atoms with Crippen LogP contribution in [0.2, 0.25) is 0 Å². The molecule has 0 aromatic carbocycles. The number of nitrogens with two attached hydrogens (primary N) is 1. The van der Waals surface area contributed by atoms with Gasteiger partial charge in [0.2, 0.25) is 0 Å². The Bertz CT molecular complexity index is 391. The van der Waals surface area contributed by atoms with Crippen molar-refractivity contribution in [2.24, 2.45) is 11.1 Å². The van der Waals surface area contributed by atoms with Crippen molar-refractivity contribution >= 4 is 12.8 Å². The fourth-order valence-electron chi connectivity index (χ4n) is 4.70. The summed E-state index contributed by atoms with van der Waals surface area (Å²) in [6.45, 7) is 13.9. The van der Waals surface area contributed by atoms with Crippen molar-refractivity contribution in [2.45, 2.75) is 77.5 Å². The average molecular weight is 400 g/mol. The zero-order valence-corrected chi connectivity index (χ0v) is 19.4. The highest BCUT2D eigenvalue weighted by molar-refractivity contribution is 7.77. The van der Waals surface area contributed by atoms with Crippen molar-refractivity contribution in [3.8, 4) is 0 Å². The SMILES string of the molecule is CC(C)N(C)CC1CCCN1C(C)N.CN1CCC2(CC1)CCN(S)CC2. The van der Waals surface area contributed by atoms with Crippen molar-refractivity contribution in [3.63, 3.8) is 0 Å². The molecule has 3 aliphatic heterocycles. The van der Waals surface area contributed by atoms with Crippen molar-refractivity contribution in [1.82, 2.24) is 19.0 Å². The Hall–Kier alpha value is 0.150. The molecule has 0 aromatic heterocycles. The molecule has 3 rings (SSSR count). The van der Waals surface area contributed by atoms with Crippen LogP contribution in [0, 0.1) is 5.41 Å². The number of likely N-dealkylation sites (N-methyl/N-ethyl adjacent to an activating group) is 1. The third-order valence-corrected chi connectivity index (χ3v) is 7.57. The van der Waals surface area contributed by atoms with E-state index in [1.165, 1.54) is 71.2 Å². The minimum absolute atomic E-state index is 0.211. The average Bonchev–Trinajstić information content (AvgIpc) is 3.09. The van der Waals surface area contributed by atoms with Crippen molar-refractivity contribution < 1.29 is 0 Å². The van der Waals surface area contributed by atoms with Gasteiger partial charge in [0, 0.05) is 38.3 Å². The first-order valence-corrected chi connectivity index (χ1v) is 11.5. The second-order valence-corrected chi connectivity index (χ2v) is 10.1. The molecule has 5 nitrogen and oxygen atoms in total. The fourth-order valence-corrected chi connectivity index (χ4v) is 4.90. The molecule has 6 heteroatoms. The van der Waals surface area contributed by atoms with Crippen LogP contribution in [0.3, 0.4) is 0 Å². The molecule has 2 atom stereocenters. The Labute approximate surface area is 174 Å². The van der Waals surface area contributed by atoms with E-state index in [0.29, 0.717) is 17.5 Å². The van der Waals surface area contributed by atoms with Gasteiger partial charge in [-0.15, -0.1) is 0 Å². The van der Waals surface area contributed by atoms with Crippen LogP contribution >= 0.6 is 12.8 Å². The van der Waals surface area contributed by atoms with E-state index in [1.807, 2.05) is 0 Å². The molecule has 0 radical (unpaired) electrons. The monoisotopic (exact) mass is 399 g/mol. The van der Waals surface area contributed by atoms with Crippen LogP contribution in [-0.4, -0.2) is 90.6 Å². The van der Waals surface area contributed by atoms with Crippen LogP contribution < -0.4 is 5.73 Å². The molecule has 27 heavy (non-hydrogen) atoms. The first-order valence-electron chi connectivity index (χ1n) is 11.1. The first kappa shape index (κ1) is 23.4. The molecule has 1 spiro atoms. The molecule has 0 amide bonds. The smallest absolute Gasteiger partial charge is 0.0545 e. The molecule has 0 saturated carbocycles. The summed E-state index contributed by atoms with van der Waals surface area (Å²) < 4.78 is 2.17. The van der Waals surface area contributed by atoms with Gasteiger partial charge in [-0.05, 0) is 91.9 Å². The predicted octanol–water partition coefficient (Wildman–Crippen LogP) is 2.73. The Morgan fingerprint density at radius 2 is 1.59 bits per heavy atom. The molecule has 160 valence electrons. The van der Waals surface area contributed by atoms with E-state index in [2.05, 4.69) is 66.7 Å². The number of rotatable bonds is 4. The molecule has 0 bridgehead atoms. The topological polar surface area (TPSA) is 39.0 Å². The first-order chi connectivity index (χ1) is 12.7. The van der Waals surface area contributed by atoms with Gasteiger partial charge in [0.1, 0.15) is 0 Å². The predicted molar refractivity (Wildman–Crippen MR) is 120 cm³/mol. The molecule has 3 fully saturated rings. The quantitative estimate of drug-likeness (QED) is 0.711. The second kappa shape index (κ2) is 10.8. The summed E-state index contributed by atoms with van der Waals surface area (Å²) in [5.74, 6) is 0. The summed E-state index contributed by atoms with van der Waals surface area (Å²) in [4.78, 5) is 7.29. The molecule has 2 N–H and O–H groups in total. The number of nitrogens with zero attached hydrogens (tertiary/aromatic N) is 4. The lowest BCUT2D eigenvalue weighted by Gasteiger charge is -2.45. The number of likely N-dealkylation sites (tertiary alicyclic amines) is 2. The maximum Gasteiger partial charge on any atom is 0.0545 e. The number of thiol groups is 1. The lowest BCUT2D eigenvalue weighted by Crippen LogP contribution is -2.48. The summed E-state index contributed by atoms with van der Waals surface area (Å²) >= 11 is 4.40. The summed E-state index contributed by atoms with van der Waals surface area (Å²) in [5.41, 5.74) is 6.63. The highest BCUT2D eigenvalue weighted by atomic mass is 32.1. The van der Waals surface area contributed by atoms with Crippen LogP contribution in [-0.2, 0) is 0 Å². The van der Waals surface area contributed by atoms with Gasteiger partial charge < -0.3 is 15.5 Å². The standard InChI is InChI=1S/C11H25N3.C10H20N2S/c1-9(2)13(4)8-11-6-5-7-14(11)10(3)12;1-11-6-2-10(3-7-11)4-8-12(13)9-5-10/h9-11H,5-8,12H2,1-4H3;13H,2-9H2,1H3. The van der Waals surface area contributed by atoms with Crippen LogP contribution in [0.4, 0.5) is 0 Å². The maximum absolute atomic E-state index is 5.95. The summed E-state index contributed by atoms with van der Waals surface area (Å²) in [7, 11) is 4.43. The zero-order valence-electron chi connectivity index (χ0n) is 18.5. The number of hydrogen-bond donors (Lipinski definition) is 2. The van der Waals surface area contributed by atoms with Crippen molar-refractivity contribution in [3.05, 3.63) is 0 Å². The zero-order chi connectivity index (χ0) is 20.0. The normalized spacial score (nSPS) is 28.6. The Morgan fingerprint density at radius 1 is 1.04 bits per heavy atom. The third-order valence-electron chi connectivity index (χ3n) is 7.17. The molecule has 3 aliphatic rings. The van der Waals surface area contributed by atoms with E-state index < -0.39 is 0 Å². The molecule has 3 heterocycles. The number of hydrogen-bond acceptors (Lipinski definition) is 6. The highest BCUT2D eigenvalue weighted by Gasteiger charge is 2.36. The molecule has 2 unspecified atom stereocenters. The van der Waals surface area contributed by atoms with Gasteiger partial charge in [-0.25, -0.2) is 0 Å². The van der Waals surface area contributed by atoms with E-state index in [1.54, 1.807) is 0 Å². The highest BCUT2D eigenvalue weighted by Crippen LogP contribution is 2.41. The number of piperidine rings is 2. The summed E-state index contributed by atoms with van der Waals surface area (Å²) in [5, 5.41) is 0. The van der Waals surface area contributed by atoms with Crippen LogP contribution in [0.1, 0.15) is 59.3 Å². The van der Waals surface area contributed by atoms with E-state index in [9.17, 15) is 0 Å². The Kier molecular flexibility index (Phi) is 9.36. The van der Waals surface area contributed by atoms with Gasteiger partial charge in [-0.2, -0.15) is 0 Å². The van der Waals surface area contributed by atoms with Gasteiger partial charge in [-0.3, -0.25) is 9.21 Å². The van der Waals surface area contributed by atoms with Gasteiger partial charge in [0.15, 0.2) is 0 Å². The minimum atomic E-state index is 0.211. The van der Waals surface area contributed by atoms with Gasteiger partial charge in [-0.1, -0.05) is 12.8 Å². The summed E-state index contributed by atoms with van der Waals surface area (Å²) in [6, 6.07) is 1.30. The van der Waals surface area contributed by atoms with E-state index in [-0.39, 0.29) is 6.17 Å². The fraction of sp³-hybridized carbons (Fsp3) is 1.00.